The molecule has 0 saturated carbocycles. The number of carbonyl (C=O) groups excluding carboxylic acids is 2. The number of benzene rings is 2. The summed E-state index contributed by atoms with van der Waals surface area (Å²) < 4.78 is 19.2. The fourth-order valence-electron chi connectivity index (χ4n) is 2.93. The van der Waals surface area contributed by atoms with Crippen LogP contribution >= 0.6 is 11.8 Å². The summed E-state index contributed by atoms with van der Waals surface area (Å²) in [7, 11) is 0. The normalized spacial score (nSPS) is 15.8. The minimum absolute atomic E-state index is 0.163. The molecule has 1 aliphatic heterocycles. The van der Waals surface area contributed by atoms with E-state index in [2.05, 4.69) is 13.8 Å². The Morgan fingerprint density at radius 1 is 1.18 bits per heavy atom. The highest BCUT2D eigenvalue weighted by molar-refractivity contribution is 8.18. The monoisotopic (exact) mass is 399 g/mol. The fourth-order valence-corrected chi connectivity index (χ4v) is 3.80. The lowest BCUT2D eigenvalue weighted by molar-refractivity contribution is -0.123. The van der Waals surface area contributed by atoms with E-state index in [1.165, 1.54) is 23.1 Å². The topological polar surface area (TPSA) is 46.6 Å². The first-order valence-electron chi connectivity index (χ1n) is 9.09. The molecule has 4 nitrogen and oxygen atoms in total. The van der Waals surface area contributed by atoms with Gasteiger partial charge in [-0.25, -0.2) is 4.39 Å². The molecule has 6 heteroatoms. The van der Waals surface area contributed by atoms with Gasteiger partial charge >= 0.3 is 0 Å². The summed E-state index contributed by atoms with van der Waals surface area (Å²) >= 11 is 0.860. The third-order valence-electron chi connectivity index (χ3n) is 4.38. The Hall–Kier alpha value is -2.60. The second kappa shape index (κ2) is 8.61. The van der Waals surface area contributed by atoms with Gasteiger partial charge in [-0.3, -0.25) is 14.5 Å². The Morgan fingerprint density at radius 2 is 1.96 bits per heavy atom. The van der Waals surface area contributed by atoms with Gasteiger partial charge in [0.25, 0.3) is 11.1 Å². The van der Waals surface area contributed by atoms with Gasteiger partial charge in [-0.1, -0.05) is 38.1 Å². The van der Waals surface area contributed by atoms with Crippen molar-refractivity contribution in [3.63, 3.8) is 0 Å². The summed E-state index contributed by atoms with van der Waals surface area (Å²) in [6.45, 7) is 6.55. The quantitative estimate of drug-likeness (QED) is 0.613. The maximum absolute atomic E-state index is 13.3. The highest BCUT2D eigenvalue weighted by Gasteiger charge is 2.34. The number of halogens is 1. The number of nitrogens with zero attached hydrogens (tertiary/aromatic N) is 1. The van der Waals surface area contributed by atoms with E-state index in [4.69, 9.17) is 4.74 Å². The number of carbonyl (C=O) groups is 2. The number of aryl methyl sites for hydroxylation is 1. The van der Waals surface area contributed by atoms with E-state index in [9.17, 15) is 14.0 Å². The molecule has 1 saturated heterocycles. The molecule has 1 aliphatic rings. The third-order valence-corrected chi connectivity index (χ3v) is 5.29. The zero-order valence-electron chi connectivity index (χ0n) is 16.1. The van der Waals surface area contributed by atoms with Crippen molar-refractivity contribution in [1.82, 2.24) is 4.90 Å². The molecule has 0 atom stereocenters. The first-order chi connectivity index (χ1) is 13.3. The molecular formula is C22H22FNO3S. The van der Waals surface area contributed by atoms with Gasteiger partial charge in [-0.05, 0) is 65.6 Å². The smallest absolute Gasteiger partial charge is 0.293 e. The molecule has 1 heterocycles. The average Bonchev–Trinajstić information content (AvgIpc) is 2.89. The molecule has 28 heavy (non-hydrogen) atoms. The Balaban J connectivity index is 1.67. The second-order valence-corrected chi connectivity index (χ2v) is 7.93. The highest BCUT2D eigenvalue weighted by atomic mass is 32.2. The van der Waals surface area contributed by atoms with E-state index in [1.54, 1.807) is 12.1 Å². The Kier molecular flexibility index (Phi) is 6.19. The van der Waals surface area contributed by atoms with Gasteiger partial charge in [-0.15, -0.1) is 0 Å². The Labute approximate surface area is 168 Å². The maximum atomic E-state index is 13.3. The number of amides is 2. The zero-order chi connectivity index (χ0) is 20.3. The van der Waals surface area contributed by atoms with E-state index in [1.807, 2.05) is 25.1 Å². The molecule has 0 N–H and O–H groups in total. The predicted molar refractivity (Wildman–Crippen MR) is 110 cm³/mol. The molecule has 146 valence electrons. The van der Waals surface area contributed by atoms with Gasteiger partial charge in [0.05, 0.1) is 11.4 Å². The van der Waals surface area contributed by atoms with Crippen molar-refractivity contribution < 1.29 is 18.7 Å². The van der Waals surface area contributed by atoms with Crippen molar-refractivity contribution in [2.45, 2.75) is 26.7 Å². The molecule has 0 radical (unpaired) electrons. The Morgan fingerprint density at radius 3 is 2.68 bits per heavy atom. The highest BCUT2D eigenvalue weighted by Crippen LogP contribution is 2.32. The number of rotatable bonds is 6. The van der Waals surface area contributed by atoms with Gasteiger partial charge in [0.15, 0.2) is 0 Å². The van der Waals surface area contributed by atoms with Crippen molar-refractivity contribution in [3.05, 3.63) is 69.9 Å². The Bertz CT molecular complexity index is 939. The first-order valence-corrected chi connectivity index (χ1v) is 9.91. The van der Waals surface area contributed by atoms with Crippen LogP contribution in [0.25, 0.3) is 6.08 Å². The van der Waals surface area contributed by atoms with Crippen molar-refractivity contribution in [2.24, 2.45) is 0 Å². The molecule has 0 unspecified atom stereocenters. The molecular weight excluding hydrogens is 377 g/mol. The number of ether oxygens (including phenoxy) is 1. The third kappa shape index (κ3) is 4.62. The molecule has 1 fully saturated rings. The first kappa shape index (κ1) is 20.1. The van der Waals surface area contributed by atoms with Crippen LogP contribution in [-0.2, 0) is 4.79 Å². The average molecular weight is 399 g/mol. The lowest BCUT2D eigenvalue weighted by Gasteiger charge is -2.17. The molecule has 2 amide bonds. The van der Waals surface area contributed by atoms with Gasteiger partial charge in [-0.2, -0.15) is 0 Å². The van der Waals surface area contributed by atoms with Crippen LogP contribution < -0.4 is 4.74 Å². The van der Waals surface area contributed by atoms with Crippen LogP contribution in [0.1, 0.15) is 36.5 Å². The van der Waals surface area contributed by atoms with Crippen LogP contribution in [0, 0.1) is 12.7 Å². The lowest BCUT2D eigenvalue weighted by atomic mass is 10.0. The SMILES string of the molecule is Cc1ccc(C(C)C)c(OCCN2C(=O)S/C(=C\c3cccc(F)c3)C2=O)c1. The van der Waals surface area contributed by atoms with Crippen LogP contribution in [0.3, 0.4) is 0 Å². The number of imide groups is 1. The molecule has 3 rings (SSSR count). The molecule has 2 aromatic carbocycles. The number of hydrogen-bond acceptors (Lipinski definition) is 4. The maximum Gasteiger partial charge on any atom is 0.293 e. The summed E-state index contributed by atoms with van der Waals surface area (Å²) in [6, 6.07) is 11.9. The summed E-state index contributed by atoms with van der Waals surface area (Å²) in [5.74, 6) is 0.316. The predicted octanol–water partition coefficient (Wildman–Crippen LogP) is 5.37. The lowest BCUT2D eigenvalue weighted by Crippen LogP contribution is -2.32. The van der Waals surface area contributed by atoms with Crippen LogP contribution in [0.4, 0.5) is 9.18 Å². The fraction of sp³-hybridized carbons (Fsp3) is 0.273. The van der Waals surface area contributed by atoms with Crippen LogP contribution in [0.5, 0.6) is 5.75 Å². The number of hydrogen-bond donors (Lipinski definition) is 0. The van der Waals surface area contributed by atoms with E-state index in [0.717, 1.165) is 28.6 Å². The van der Waals surface area contributed by atoms with Crippen LogP contribution in [-0.4, -0.2) is 29.2 Å². The van der Waals surface area contributed by atoms with Crippen molar-refractivity contribution in [3.8, 4) is 5.75 Å². The van der Waals surface area contributed by atoms with Gasteiger partial charge in [0.2, 0.25) is 0 Å². The van der Waals surface area contributed by atoms with Gasteiger partial charge in [0.1, 0.15) is 18.2 Å². The van der Waals surface area contributed by atoms with E-state index in [-0.39, 0.29) is 35.0 Å². The van der Waals surface area contributed by atoms with Gasteiger partial charge in [0, 0.05) is 0 Å². The molecule has 0 aromatic heterocycles. The molecule has 0 bridgehead atoms. The standard InChI is InChI=1S/C22H22FNO3S/c1-14(2)18-8-7-15(3)11-19(18)27-10-9-24-21(25)20(28-22(24)26)13-16-5-4-6-17(23)12-16/h4-8,11-14H,9-10H2,1-3H3/b20-13-. The van der Waals surface area contributed by atoms with Crippen LogP contribution in [0.15, 0.2) is 47.4 Å². The van der Waals surface area contributed by atoms with Crippen LogP contribution in [0.2, 0.25) is 0 Å². The summed E-state index contributed by atoms with van der Waals surface area (Å²) in [4.78, 5) is 26.2. The minimum Gasteiger partial charge on any atom is -0.491 e. The van der Waals surface area contributed by atoms with E-state index >= 15 is 0 Å². The number of thioether (sulfide) groups is 1. The minimum atomic E-state index is -0.388. The van der Waals surface area contributed by atoms with Crippen molar-refractivity contribution >= 4 is 29.0 Å². The molecule has 0 spiro atoms. The van der Waals surface area contributed by atoms with Crippen molar-refractivity contribution in [2.75, 3.05) is 13.2 Å². The van der Waals surface area contributed by atoms with Crippen molar-refractivity contribution in [1.29, 1.82) is 0 Å². The molecule has 0 aliphatic carbocycles. The van der Waals surface area contributed by atoms with Gasteiger partial charge < -0.3 is 4.74 Å². The van der Waals surface area contributed by atoms with E-state index in [0.29, 0.717) is 11.5 Å². The summed E-state index contributed by atoms with van der Waals surface area (Å²) in [6.07, 6.45) is 1.53. The molecule has 2 aromatic rings. The second-order valence-electron chi connectivity index (χ2n) is 6.93. The summed E-state index contributed by atoms with van der Waals surface area (Å²) in [5, 5.41) is -0.343. The van der Waals surface area contributed by atoms with E-state index < -0.39 is 0 Å². The largest absolute Gasteiger partial charge is 0.491 e. The zero-order valence-corrected chi connectivity index (χ0v) is 16.9. The summed E-state index contributed by atoms with van der Waals surface area (Å²) in [5.41, 5.74) is 2.72.